The highest BCUT2D eigenvalue weighted by Gasteiger charge is 2.39. The molecule has 2 aliphatic rings. The van der Waals surface area contributed by atoms with Crippen LogP contribution in [-0.4, -0.2) is 79.7 Å². The van der Waals surface area contributed by atoms with Crippen molar-refractivity contribution in [3.8, 4) is 0 Å². The number of hydrogen-bond acceptors (Lipinski definition) is 4. The van der Waals surface area contributed by atoms with Crippen LogP contribution in [0.25, 0.3) is 0 Å². The van der Waals surface area contributed by atoms with Crippen LogP contribution in [0.2, 0.25) is 0 Å². The van der Waals surface area contributed by atoms with Crippen molar-refractivity contribution < 1.29 is 23.0 Å². The molecule has 2 saturated heterocycles. The molecule has 0 aliphatic carbocycles. The normalized spacial score (nSPS) is 25.1. The van der Waals surface area contributed by atoms with Crippen LogP contribution in [0.3, 0.4) is 0 Å². The molecule has 1 N–H and O–H groups in total. The first kappa shape index (κ1) is 17.0. The van der Waals surface area contributed by atoms with Gasteiger partial charge in [0.25, 0.3) is 0 Å². The fraction of sp³-hybridized carbons (Fsp3) is 1.00. The average Bonchev–Trinajstić information content (AvgIpc) is 2.46. The van der Waals surface area contributed by atoms with E-state index in [9.17, 15) is 13.2 Å². The maximum Gasteiger partial charge on any atom is 0.415 e. The van der Waals surface area contributed by atoms with Gasteiger partial charge in [0.05, 0.1) is 13.2 Å². The smallest absolute Gasteiger partial charge is 0.382 e. The highest BCUT2D eigenvalue weighted by Crippen LogP contribution is 2.24. The van der Waals surface area contributed by atoms with E-state index in [1.165, 1.54) is 0 Å². The van der Waals surface area contributed by atoms with Gasteiger partial charge in [0.1, 0.15) is 0 Å². The number of alkyl halides is 3. The van der Waals surface area contributed by atoms with Gasteiger partial charge in [-0.3, -0.25) is 4.90 Å². The van der Waals surface area contributed by atoms with Crippen molar-refractivity contribution >= 4 is 0 Å². The summed E-state index contributed by atoms with van der Waals surface area (Å²) in [5.74, 6) is 0.590. The Balaban J connectivity index is 1.61. The fourth-order valence-electron chi connectivity index (χ4n) is 3.00. The van der Waals surface area contributed by atoms with Crippen molar-refractivity contribution in [3.05, 3.63) is 0 Å². The summed E-state index contributed by atoms with van der Waals surface area (Å²) in [5, 5.41) is 9.09. The zero-order valence-electron chi connectivity index (χ0n) is 12.3. The van der Waals surface area contributed by atoms with Crippen LogP contribution in [0, 0.1) is 5.92 Å². The van der Waals surface area contributed by atoms with Crippen molar-refractivity contribution in [2.75, 3.05) is 52.5 Å². The predicted molar refractivity (Wildman–Crippen MR) is 73.1 cm³/mol. The molecule has 0 spiro atoms. The van der Waals surface area contributed by atoms with Crippen molar-refractivity contribution in [1.29, 1.82) is 0 Å². The summed E-state index contributed by atoms with van der Waals surface area (Å²) in [5.41, 5.74) is 0. The molecule has 1 unspecified atom stereocenters. The Morgan fingerprint density at radius 2 is 1.67 bits per heavy atom. The van der Waals surface area contributed by atoms with E-state index in [1.54, 1.807) is 4.90 Å². The lowest BCUT2D eigenvalue weighted by Crippen LogP contribution is -2.44. The zero-order chi connectivity index (χ0) is 15.3. The molecule has 0 aromatic heterocycles. The highest BCUT2D eigenvalue weighted by molar-refractivity contribution is 4.78. The van der Waals surface area contributed by atoms with E-state index >= 15 is 0 Å². The van der Waals surface area contributed by atoms with E-state index in [2.05, 4.69) is 4.90 Å². The lowest BCUT2D eigenvalue weighted by molar-refractivity contribution is -0.208. The maximum absolute atomic E-state index is 12.3. The summed E-state index contributed by atoms with van der Waals surface area (Å²) in [4.78, 5) is 4.12. The second kappa shape index (κ2) is 7.76. The topological polar surface area (TPSA) is 35.9 Å². The maximum atomic E-state index is 12.3. The van der Waals surface area contributed by atoms with Crippen LogP contribution in [-0.2, 0) is 4.74 Å². The third-order valence-corrected chi connectivity index (χ3v) is 4.47. The Bertz CT molecular complexity index is 301. The van der Waals surface area contributed by atoms with Crippen LogP contribution < -0.4 is 0 Å². The first-order valence-corrected chi connectivity index (χ1v) is 7.72. The molecule has 0 aromatic carbocycles. The molecule has 0 aromatic rings. The molecule has 0 saturated carbocycles. The van der Waals surface area contributed by atoms with Gasteiger partial charge in [-0.05, 0) is 44.8 Å². The second-order valence-corrected chi connectivity index (χ2v) is 6.04. The molecule has 21 heavy (non-hydrogen) atoms. The van der Waals surface area contributed by atoms with Crippen LogP contribution in [0.1, 0.15) is 19.3 Å². The van der Waals surface area contributed by atoms with Gasteiger partial charge in [0, 0.05) is 19.6 Å². The van der Waals surface area contributed by atoms with E-state index in [4.69, 9.17) is 9.84 Å². The number of piperidine rings is 1. The molecule has 0 amide bonds. The third kappa shape index (κ3) is 5.73. The Morgan fingerprint density at radius 3 is 2.24 bits per heavy atom. The van der Waals surface area contributed by atoms with E-state index in [0.29, 0.717) is 19.0 Å². The molecule has 2 fully saturated rings. The van der Waals surface area contributed by atoms with Gasteiger partial charge < -0.3 is 14.7 Å². The summed E-state index contributed by atoms with van der Waals surface area (Å²) in [6.07, 6.45) is -3.77. The van der Waals surface area contributed by atoms with Gasteiger partial charge in [0.15, 0.2) is 6.10 Å². The summed E-state index contributed by atoms with van der Waals surface area (Å²) in [7, 11) is 0. The number of β-amino-alcohol motifs (C(OH)–C–C–N with tert-alkyl or cyclic N) is 1. The number of ether oxygens (including phenoxy) is 1. The van der Waals surface area contributed by atoms with Crippen molar-refractivity contribution in [1.82, 2.24) is 9.80 Å². The predicted octanol–water partition coefficient (Wildman–Crippen LogP) is 1.34. The van der Waals surface area contributed by atoms with Crippen molar-refractivity contribution in [2.24, 2.45) is 5.92 Å². The molecule has 7 heteroatoms. The standard InChI is InChI=1S/C14H25F3N2O2/c15-14(16,17)13(20)11-19-5-2-12(3-6-19)1-4-18-7-9-21-10-8-18/h12-13,20H,1-11H2. The lowest BCUT2D eigenvalue weighted by atomic mass is 9.93. The SMILES string of the molecule is OC(CN1CCC(CCN2CCOCC2)CC1)C(F)(F)F. The largest absolute Gasteiger partial charge is 0.415 e. The number of hydrogen-bond donors (Lipinski definition) is 1. The van der Waals surface area contributed by atoms with Gasteiger partial charge in [-0.2, -0.15) is 13.2 Å². The zero-order valence-corrected chi connectivity index (χ0v) is 12.3. The van der Waals surface area contributed by atoms with Crippen LogP contribution in [0.15, 0.2) is 0 Å². The van der Waals surface area contributed by atoms with Gasteiger partial charge in [-0.15, -0.1) is 0 Å². The van der Waals surface area contributed by atoms with E-state index in [1.807, 2.05) is 0 Å². The summed E-state index contributed by atoms with van der Waals surface area (Å²) in [6.45, 7) is 5.63. The van der Waals surface area contributed by atoms with Crippen molar-refractivity contribution in [2.45, 2.75) is 31.5 Å². The number of halogens is 3. The van der Waals surface area contributed by atoms with E-state index < -0.39 is 12.3 Å². The molecule has 2 heterocycles. The highest BCUT2D eigenvalue weighted by atomic mass is 19.4. The number of likely N-dealkylation sites (tertiary alicyclic amines) is 1. The first-order valence-electron chi connectivity index (χ1n) is 7.72. The molecule has 0 radical (unpaired) electrons. The number of morpholine rings is 1. The Labute approximate surface area is 123 Å². The molecule has 0 bridgehead atoms. The molecule has 4 nitrogen and oxygen atoms in total. The van der Waals surface area contributed by atoms with E-state index in [-0.39, 0.29) is 6.54 Å². The van der Waals surface area contributed by atoms with Gasteiger partial charge in [-0.25, -0.2) is 0 Å². The molecule has 1 atom stereocenters. The van der Waals surface area contributed by atoms with E-state index in [0.717, 1.165) is 52.1 Å². The van der Waals surface area contributed by atoms with Crippen LogP contribution in [0.4, 0.5) is 13.2 Å². The Kier molecular flexibility index (Phi) is 6.28. The number of aliphatic hydroxyl groups is 1. The molecule has 124 valence electrons. The number of rotatable bonds is 5. The van der Waals surface area contributed by atoms with Gasteiger partial charge >= 0.3 is 6.18 Å². The first-order chi connectivity index (χ1) is 9.95. The second-order valence-electron chi connectivity index (χ2n) is 6.04. The fourth-order valence-corrected chi connectivity index (χ4v) is 3.00. The summed E-state index contributed by atoms with van der Waals surface area (Å²) < 4.78 is 42.3. The lowest BCUT2D eigenvalue weighted by Gasteiger charge is -2.35. The van der Waals surface area contributed by atoms with Gasteiger partial charge in [-0.1, -0.05) is 0 Å². The molecule has 2 rings (SSSR count). The van der Waals surface area contributed by atoms with Gasteiger partial charge in [0.2, 0.25) is 0 Å². The quantitative estimate of drug-likeness (QED) is 0.831. The monoisotopic (exact) mass is 310 g/mol. The minimum Gasteiger partial charge on any atom is -0.382 e. The minimum absolute atomic E-state index is 0.292. The molecule has 2 aliphatic heterocycles. The summed E-state index contributed by atoms with van der Waals surface area (Å²) >= 11 is 0. The van der Waals surface area contributed by atoms with Crippen molar-refractivity contribution in [3.63, 3.8) is 0 Å². The molecular formula is C14H25F3N2O2. The Hall–Kier alpha value is -0.370. The number of nitrogens with zero attached hydrogens (tertiary/aromatic N) is 2. The van der Waals surface area contributed by atoms with Crippen LogP contribution >= 0.6 is 0 Å². The average molecular weight is 310 g/mol. The number of aliphatic hydroxyl groups excluding tert-OH is 1. The third-order valence-electron chi connectivity index (χ3n) is 4.47. The summed E-state index contributed by atoms with van der Waals surface area (Å²) in [6, 6.07) is 0. The Morgan fingerprint density at radius 1 is 1.05 bits per heavy atom. The van der Waals surface area contributed by atoms with Crippen LogP contribution in [0.5, 0.6) is 0 Å². The molecular weight excluding hydrogens is 285 g/mol. The minimum atomic E-state index is -4.51.